The van der Waals surface area contributed by atoms with Crippen LogP contribution in [-0.4, -0.2) is 31.7 Å². The second-order valence-corrected chi connectivity index (χ2v) is 4.69. The minimum Gasteiger partial charge on any atom is -0.493 e. The summed E-state index contributed by atoms with van der Waals surface area (Å²) in [5.41, 5.74) is 0.699. The number of ether oxygens (including phenoxy) is 3. The number of hydrogen-bond acceptors (Lipinski definition) is 5. The molecule has 0 atom stereocenters. The summed E-state index contributed by atoms with van der Waals surface area (Å²) < 4.78 is 16.4. The van der Waals surface area contributed by atoms with E-state index in [9.17, 15) is 0 Å². The van der Waals surface area contributed by atoms with Crippen molar-refractivity contribution in [3.63, 3.8) is 0 Å². The molecule has 0 amide bonds. The summed E-state index contributed by atoms with van der Waals surface area (Å²) in [7, 11) is 1.56. The van der Waals surface area contributed by atoms with Crippen molar-refractivity contribution >= 4 is 17.8 Å². The molecule has 0 heterocycles. The van der Waals surface area contributed by atoms with Crippen molar-refractivity contribution in [2.75, 3.05) is 20.3 Å². The smallest absolute Gasteiger partial charge is 0.161 e. The number of halogens is 1. The third-order valence-electron chi connectivity index (χ3n) is 2.83. The van der Waals surface area contributed by atoms with Gasteiger partial charge >= 0.3 is 0 Å². The zero-order valence-electron chi connectivity index (χ0n) is 12.0. The van der Waals surface area contributed by atoms with Crippen molar-refractivity contribution in [1.82, 2.24) is 0 Å². The summed E-state index contributed by atoms with van der Waals surface area (Å²) in [6.45, 7) is 0.659. The maximum atomic E-state index is 8.57. The van der Waals surface area contributed by atoms with Gasteiger partial charge in [-0.15, -0.1) is 0 Å². The fourth-order valence-electron chi connectivity index (χ4n) is 1.82. The summed E-state index contributed by atoms with van der Waals surface area (Å²) in [5.74, 6) is 1.75. The molecule has 2 rings (SSSR count). The van der Waals surface area contributed by atoms with Gasteiger partial charge in [0, 0.05) is 5.56 Å². The summed E-state index contributed by atoms with van der Waals surface area (Å²) in [6, 6.07) is 12.5. The fraction of sp³-hybridized carbons (Fsp3) is 0.188. The van der Waals surface area contributed by atoms with E-state index in [2.05, 4.69) is 5.16 Å². The molecule has 0 radical (unpaired) electrons. The van der Waals surface area contributed by atoms with Crippen LogP contribution in [0.5, 0.6) is 17.2 Å². The van der Waals surface area contributed by atoms with Gasteiger partial charge in [0.1, 0.15) is 19.0 Å². The van der Waals surface area contributed by atoms with E-state index >= 15 is 0 Å². The third kappa shape index (κ3) is 4.30. The number of para-hydroxylation sites is 1. The van der Waals surface area contributed by atoms with Gasteiger partial charge < -0.3 is 19.4 Å². The van der Waals surface area contributed by atoms with E-state index in [0.29, 0.717) is 41.0 Å². The Bertz CT molecular complexity index is 646. The van der Waals surface area contributed by atoms with E-state index in [4.69, 9.17) is 31.0 Å². The normalized spacial score (nSPS) is 10.6. The highest BCUT2D eigenvalue weighted by atomic mass is 35.5. The molecule has 0 saturated heterocycles. The molecule has 2 aromatic carbocycles. The van der Waals surface area contributed by atoms with Gasteiger partial charge in [0.05, 0.1) is 18.3 Å². The quantitative estimate of drug-likeness (QED) is 0.366. The minimum atomic E-state index is 0.321. The number of hydrogen-bond donors (Lipinski definition) is 1. The van der Waals surface area contributed by atoms with Crippen LogP contribution < -0.4 is 14.2 Å². The highest BCUT2D eigenvalue weighted by Gasteiger charge is 2.06. The molecule has 0 aliphatic rings. The lowest BCUT2D eigenvalue weighted by Gasteiger charge is -2.12. The monoisotopic (exact) mass is 321 g/mol. The highest BCUT2D eigenvalue weighted by molar-refractivity contribution is 6.32. The van der Waals surface area contributed by atoms with Gasteiger partial charge in [-0.1, -0.05) is 28.9 Å². The Balaban J connectivity index is 1.93. The largest absolute Gasteiger partial charge is 0.493 e. The van der Waals surface area contributed by atoms with Gasteiger partial charge in [-0.3, -0.25) is 0 Å². The van der Waals surface area contributed by atoms with E-state index < -0.39 is 0 Å². The average molecular weight is 322 g/mol. The molecule has 0 unspecified atom stereocenters. The molecule has 0 spiro atoms. The van der Waals surface area contributed by atoms with Crippen LogP contribution in [0.1, 0.15) is 5.56 Å². The van der Waals surface area contributed by atoms with Crippen LogP contribution in [0.4, 0.5) is 0 Å². The SMILES string of the molecule is COc1ccc(C=NO)cc1OCCOc1ccccc1Cl. The Hall–Kier alpha value is -2.40. The first kappa shape index (κ1) is 16.0. The predicted octanol–water partition coefficient (Wildman–Crippen LogP) is 3.61. The summed E-state index contributed by atoms with van der Waals surface area (Å²) >= 11 is 6.00. The van der Waals surface area contributed by atoms with E-state index in [1.807, 2.05) is 12.1 Å². The first-order valence-corrected chi connectivity index (χ1v) is 6.98. The molecule has 0 aliphatic carbocycles. The van der Waals surface area contributed by atoms with Crippen molar-refractivity contribution in [2.24, 2.45) is 5.16 Å². The van der Waals surface area contributed by atoms with Crippen LogP contribution in [-0.2, 0) is 0 Å². The predicted molar refractivity (Wildman–Crippen MR) is 84.8 cm³/mol. The lowest BCUT2D eigenvalue weighted by atomic mass is 10.2. The lowest BCUT2D eigenvalue weighted by Crippen LogP contribution is -2.10. The van der Waals surface area contributed by atoms with Gasteiger partial charge in [0.25, 0.3) is 0 Å². The van der Waals surface area contributed by atoms with E-state index in [1.54, 1.807) is 37.4 Å². The van der Waals surface area contributed by atoms with Crippen LogP contribution >= 0.6 is 11.6 Å². The fourth-order valence-corrected chi connectivity index (χ4v) is 2.01. The first-order valence-electron chi connectivity index (χ1n) is 6.60. The highest BCUT2D eigenvalue weighted by Crippen LogP contribution is 2.28. The number of oxime groups is 1. The molecule has 0 bridgehead atoms. The summed E-state index contributed by atoms with van der Waals surface area (Å²) in [6.07, 6.45) is 1.31. The number of rotatable bonds is 7. The molecular weight excluding hydrogens is 306 g/mol. The molecule has 0 fully saturated rings. The molecule has 5 nitrogen and oxygen atoms in total. The second-order valence-electron chi connectivity index (χ2n) is 4.28. The van der Waals surface area contributed by atoms with Crippen LogP contribution in [0.25, 0.3) is 0 Å². The van der Waals surface area contributed by atoms with Crippen molar-refractivity contribution < 1.29 is 19.4 Å². The van der Waals surface area contributed by atoms with E-state index in [-0.39, 0.29) is 0 Å². The van der Waals surface area contributed by atoms with Crippen molar-refractivity contribution in [3.05, 3.63) is 53.1 Å². The van der Waals surface area contributed by atoms with Gasteiger partial charge in [0.2, 0.25) is 0 Å². The summed E-state index contributed by atoms with van der Waals surface area (Å²) in [5, 5.41) is 12.1. The maximum absolute atomic E-state index is 8.57. The Morgan fingerprint density at radius 2 is 1.77 bits per heavy atom. The molecule has 22 heavy (non-hydrogen) atoms. The van der Waals surface area contributed by atoms with Gasteiger partial charge in [0.15, 0.2) is 11.5 Å². The molecule has 2 aromatic rings. The molecule has 1 N–H and O–H groups in total. The Morgan fingerprint density at radius 3 is 2.45 bits per heavy atom. The molecular formula is C16H16ClNO4. The molecule has 116 valence electrons. The maximum Gasteiger partial charge on any atom is 0.161 e. The van der Waals surface area contributed by atoms with Crippen LogP contribution in [0, 0.1) is 0 Å². The molecule has 6 heteroatoms. The molecule has 0 aromatic heterocycles. The van der Waals surface area contributed by atoms with Gasteiger partial charge in [-0.05, 0) is 30.3 Å². The summed E-state index contributed by atoms with van der Waals surface area (Å²) in [4.78, 5) is 0. The lowest BCUT2D eigenvalue weighted by molar-refractivity contribution is 0.211. The first-order chi connectivity index (χ1) is 10.7. The van der Waals surface area contributed by atoms with E-state index in [0.717, 1.165) is 0 Å². The van der Waals surface area contributed by atoms with Gasteiger partial charge in [-0.2, -0.15) is 0 Å². The molecule has 0 saturated carbocycles. The second kappa shape index (κ2) is 8.14. The van der Waals surface area contributed by atoms with Crippen molar-refractivity contribution in [3.8, 4) is 17.2 Å². The minimum absolute atomic E-state index is 0.321. The Kier molecular flexibility index (Phi) is 5.91. The van der Waals surface area contributed by atoms with Crippen molar-refractivity contribution in [2.45, 2.75) is 0 Å². The topological polar surface area (TPSA) is 60.3 Å². The average Bonchev–Trinajstić information content (AvgIpc) is 2.54. The Morgan fingerprint density at radius 1 is 1.05 bits per heavy atom. The Labute approximate surface area is 133 Å². The van der Waals surface area contributed by atoms with Crippen LogP contribution in [0.3, 0.4) is 0 Å². The number of methoxy groups -OCH3 is 1. The number of benzene rings is 2. The number of nitrogens with zero attached hydrogens (tertiary/aromatic N) is 1. The van der Waals surface area contributed by atoms with Gasteiger partial charge in [-0.25, -0.2) is 0 Å². The van der Waals surface area contributed by atoms with E-state index in [1.165, 1.54) is 6.21 Å². The molecule has 0 aliphatic heterocycles. The third-order valence-corrected chi connectivity index (χ3v) is 3.14. The zero-order valence-corrected chi connectivity index (χ0v) is 12.8. The van der Waals surface area contributed by atoms with Crippen molar-refractivity contribution in [1.29, 1.82) is 0 Å². The van der Waals surface area contributed by atoms with Crippen LogP contribution in [0.2, 0.25) is 5.02 Å². The standard InChI is InChI=1S/C16H16ClNO4/c1-20-15-7-6-12(11-18-19)10-16(15)22-9-8-21-14-5-3-2-4-13(14)17/h2-7,10-11,19H,8-9H2,1H3. The zero-order chi connectivity index (χ0) is 15.8. The van der Waals surface area contributed by atoms with Crippen LogP contribution in [0.15, 0.2) is 47.6 Å².